The number of nitrogens with one attached hydrogen (secondary N) is 1. The van der Waals surface area contributed by atoms with Crippen LogP contribution in [0.1, 0.15) is 64.1 Å². The number of hydrogen-bond donors (Lipinski definition) is 1. The van der Waals surface area contributed by atoms with Gasteiger partial charge in [-0.15, -0.1) is 0 Å². The molecule has 0 aliphatic carbocycles. The first kappa shape index (κ1) is 17.8. The van der Waals surface area contributed by atoms with E-state index in [4.69, 9.17) is 9.40 Å². The van der Waals surface area contributed by atoms with Gasteiger partial charge in [-0.25, -0.2) is 4.98 Å². The van der Waals surface area contributed by atoms with Crippen molar-refractivity contribution in [2.45, 2.75) is 58.8 Å². The Hall–Kier alpha value is -2.55. The number of benzene rings is 2. The molecule has 0 radical (unpaired) electrons. The van der Waals surface area contributed by atoms with E-state index in [1.54, 1.807) is 0 Å². The van der Waals surface area contributed by atoms with Crippen LogP contribution in [0, 0.1) is 0 Å². The van der Waals surface area contributed by atoms with Gasteiger partial charge in [0.1, 0.15) is 5.52 Å². The molecular weight excluding hydrogens is 332 g/mol. The highest BCUT2D eigenvalue weighted by Crippen LogP contribution is 2.36. The van der Waals surface area contributed by atoms with Gasteiger partial charge in [0.05, 0.1) is 6.42 Å². The number of hydrogen-bond acceptors (Lipinski definition) is 2. The summed E-state index contributed by atoms with van der Waals surface area (Å²) in [6.07, 6.45) is 2.75. The molecule has 0 aliphatic rings. The third-order valence-corrected chi connectivity index (χ3v) is 5.22. The van der Waals surface area contributed by atoms with E-state index < -0.39 is 0 Å². The number of aromatic nitrogens is 2. The van der Waals surface area contributed by atoms with E-state index in [-0.39, 0.29) is 10.8 Å². The maximum atomic E-state index is 6.29. The van der Waals surface area contributed by atoms with Gasteiger partial charge in [0.15, 0.2) is 11.5 Å². The minimum Gasteiger partial charge on any atom is -0.440 e. The van der Waals surface area contributed by atoms with E-state index in [9.17, 15) is 0 Å². The average Bonchev–Trinajstić information content (AvgIpc) is 3.16. The van der Waals surface area contributed by atoms with Gasteiger partial charge >= 0.3 is 0 Å². The molecule has 3 nitrogen and oxygen atoms in total. The van der Waals surface area contributed by atoms with Crippen molar-refractivity contribution in [2.75, 3.05) is 0 Å². The van der Waals surface area contributed by atoms with Crippen molar-refractivity contribution in [3.63, 3.8) is 0 Å². The number of H-pyrrole nitrogens is 1. The highest BCUT2D eigenvalue weighted by Gasteiger charge is 2.25. The largest absolute Gasteiger partial charge is 0.440 e. The van der Waals surface area contributed by atoms with Gasteiger partial charge in [0.25, 0.3) is 0 Å². The molecule has 0 spiro atoms. The van der Waals surface area contributed by atoms with Crippen LogP contribution in [0.15, 0.2) is 47.0 Å². The summed E-state index contributed by atoms with van der Waals surface area (Å²) in [5.74, 6) is 0.770. The van der Waals surface area contributed by atoms with Crippen LogP contribution in [0.25, 0.3) is 22.0 Å². The highest BCUT2D eigenvalue weighted by atomic mass is 16.3. The smallest absolute Gasteiger partial charge is 0.199 e. The summed E-state index contributed by atoms with van der Waals surface area (Å²) in [5.41, 5.74) is 6.84. The number of oxazole rings is 1. The van der Waals surface area contributed by atoms with Gasteiger partial charge in [0, 0.05) is 22.7 Å². The molecule has 0 saturated carbocycles. The van der Waals surface area contributed by atoms with Crippen LogP contribution < -0.4 is 0 Å². The Labute approximate surface area is 160 Å². The number of para-hydroxylation sites is 1. The second-order valence-electron chi connectivity index (χ2n) is 9.52. The lowest BCUT2D eigenvalue weighted by Gasteiger charge is -2.24. The Balaban J connectivity index is 1.84. The molecular formula is C24H28N2O. The molecule has 27 heavy (non-hydrogen) atoms. The van der Waals surface area contributed by atoms with Gasteiger partial charge in [-0.2, -0.15) is 0 Å². The zero-order valence-electron chi connectivity index (χ0n) is 17.1. The Bertz CT molecular complexity index is 1120. The predicted octanol–water partition coefficient (Wildman–Crippen LogP) is 6.49. The third kappa shape index (κ3) is 3.27. The fourth-order valence-electron chi connectivity index (χ4n) is 3.59. The first-order chi connectivity index (χ1) is 12.6. The van der Waals surface area contributed by atoms with Crippen molar-refractivity contribution >= 4 is 22.0 Å². The van der Waals surface area contributed by atoms with E-state index in [1.807, 2.05) is 6.07 Å². The second kappa shape index (κ2) is 5.98. The minimum atomic E-state index is -0.00288. The van der Waals surface area contributed by atoms with Crippen LogP contribution in [-0.2, 0) is 17.3 Å². The van der Waals surface area contributed by atoms with Gasteiger partial charge in [0.2, 0.25) is 0 Å². The predicted molar refractivity (Wildman–Crippen MR) is 113 cm³/mol. The molecule has 2 aromatic carbocycles. The summed E-state index contributed by atoms with van der Waals surface area (Å²) in [7, 11) is 0. The second-order valence-corrected chi connectivity index (χ2v) is 9.52. The van der Waals surface area contributed by atoms with Crippen LogP contribution in [0.3, 0.4) is 0 Å². The average molecular weight is 361 g/mol. The molecule has 0 fully saturated rings. The molecule has 2 aromatic heterocycles. The Morgan fingerprint density at radius 1 is 0.963 bits per heavy atom. The zero-order chi connectivity index (χ0) is 19.4. The van der Waals surface area contributed by atoms with Crippen LogP contribution in [0.4, 0.5) is 0 Å². The molecule has 3 heteroatoms. The molecule has 1 N–H and O–H groups in total. The van der Waals surface area contributed by atoms with Gasteiger partial charge in [-0.1, -0.05) is 65.8 Å². The van der Waals surface area contributed by atoms with Crippen molar-refractivity contribution in [1.29, 1.82) is 0 Å². The molecule has 4 aromatic rings. The zero-order valence-corrected chi connectivity index (χ0v) is 17.1. The number of rotatable bonds is 2. The minimum absolute atomic E-state index is 0.00288. The molecule has 4 rings (SSSR count). The standard InChI is InChI=1S/C24H28N2O/c1-23(2,3)16-12-18(24(4,5)6)22-20(13-16)26-21(27-22)11-15-14-25-19-10-8-7-9-17(15)19/h7-10,12-14,25H,11H2,1-6H3. The summed E-state index contributed by atoms with van der Waals surface area (Å²) < 4.78 is 6.29. The molecule has 0 bridgehead atoms. The van der Waals surface area contributed by atoms with Crippen LogP contribution in [0.5, 0.6) is 0 Å². The SMILES string of the molecule is CC(C)(C)c1cc(C(C)(C)C)c2oc(Cc3c[nH]c4ccccc34)nc2c1. The molecule has 0 saturated heterocycles. The molecule has 140 valence electrons. The summed E-state index contributed by atoms with van der Waals surface area (Å²) in [6.45, 7) is 13.4. The summed E-state index contributed by atoms with van der Waals surface area (Å²) in [4.78, 5) is 8.20. The van der Waals surface area contributed by atoms with Crippen LogP contribution in [0.2, 0.25) is 0 Å². The van der Waals surface area contributed by atoms with E-state index in [2.05, 4.69) is 83.1 Å². The van der Waals surface area contributed by atoms with Crippen molar-refractivity contribution in [3.8, 4) is 0 Å². The maximum absolute atomic E-state index is 6.29. The molecule has 0 aliphatic heterocycles. The van der Waals surface area contributed by atoms with Crippen LogP contribution in [-0.4, -0.2) is 9.97 Å². The topological polar surface area (TPSA) is 41.8 Å². The lowest BCUT2D eigenvalue weighted by molar-refractivity contribution is 0.520. The first-order valence-electron chi connectivity index (χ1n) is 9.62. The van der Waals surface area contributed by atoms with Crippen molar-refractivity contribution in [3.05, 3.63) is 65.2 Å². The summed E-state index contributed by atoms with van der Waals surface area (Å²) in [6, 6.07) is 12.8. The third-order valence-electron chi connectivity index (χ3n) is 5.22. The van der Waals surface area contributed by atoms with E-state index in [0.29, 0.717) is 6.42 Å². The Kier molecular flexibility index (Phi) is 3.95. The highest BCUT2D eigenvalue weighted by molar-refractivity contribution is 5.83. The summed E-state index contributed by atoms with van der Waals surface area (Å²) >= 11 is 0. The Morgan fingerprint density at radius 3 is 2.41 bits per heavy atom. The number of nitrogens with zero attached hydrogens (tertiary/aromatic N) is 1. The van der Waals surface area contributed by atoms with Crippen molar-refractivity contribution in [2.24, 2.45) is 0 Å². The quantitative estimate of drug-likeness (QED) is 0.443. The summed E-state index contributed by atoms with van der Waals surface area (Å²) in [5, 5.41) is 1.23. The maximum Gasteiger partial charge on any atom is 0.199 e. The first-order valence-corrected chi connectivity index (χ1v) is 9.62. The van der Waals surface area contributed by atoms with E-state index >= 15 is 0 Å². The number of aromatic amines is 1. The monoisotopic (exact) mass is 360 g/mol. The lowest BCUT2D eigenvalue weighted by Crippen LogP contribution is -2.16. The van der Waals surface area contributed by atoms with Crippen molar-refractivity contribution < 1.29 is 4.42 Å². The molecule has 2 heterocycles. The Morgan fingerprint density at radius 2 is 1.70 bits per heavy atom. The van der Waals surface area contributed by atoms with Gasteiger partial charge in [-0.05, 0) is 34.1 Å². The van der Waals surface area contributed by atoms with E-state index in [1.165, 1.54) is 22.1 Å². The van der Waals surface area contributed by atoms with E-state index in [0.717, 1.165) is 22.5 Å². The molecule has 0 atom stereocenters. The van der Waals surface area contributed by atoms with Crippen LogP contribution >= 0.6 is 0 Å². The van der Waals surface area contributed by atoms with Gasteiger partial charge < -0.3 is 9.40 Å². The van der Waals surface area contributed by atoms with Gasteiger partial charge in [-0.3, -0.25) is 0 Å². The molecule has 0 amide bonds. The molecule has 0 unspecified atom stereocenters. The van der Waals surface area contributed by atoms with Crippen molar-refractivity contribution in [1.82, 2.24) is 9.97 Å². The normalized spacial score (nSPS) is 13.0. The fraction of sp³-hybridized carbons (Fsp3) is 0.375. The number of fused-ring (bicyclic) bond motifs is 2. The fourth-order valence-corrected chi connectivity index (χ4v) is 3.59. The lowest BCUT2D eigenvalue weighted by atomic mass is 9.80.